The van der Waals surface area contributed by atoms with Crippen molar-refractivity contribution in [2.45, 2.75) is 11.4 Å². The van der Waals surface area contributed by atoms with Gasteiger partial charge in [-0.15, -0.1) is 11.8 Å². The number of methoxy groups -OCH3 is 2. The quantitative estimate of drug-likeness (QED) is 0.543. The van der Waals surface area contributed by atoms with Crippen LogP contribution in [0.1, 0.15) is 21.5 Å². The Morgan fingerprint density at radius 2 is 1.79 bits per heavy atom. The summed E-state index contributed by atoms with van der Waals surface area (Å²) in [7, 11) is 3.15. The van der Waals surface area contributed by atoms with Crippen LogP contribution >= 0.6 is 11.8 Å². The largest absolute Gasteiger partial charge is 0.497 e. The molecule has 34 heavy (non-hydrogen) atoms. The Labute approximate surface area is 201 Å². The predicted octanol–water partition coefficient (Wildman–Crippen LogP) is 4.43. The summed E-state index contributed by atoms with van der Waals surface area (Å²) in [6.07, 6.45) is 0. The zero-order valence-corrected chi connectivity index (χ0v) is 19.6. The third-order valence-electron chi connectivity index (χ3n) is 6.22. The number of benzene rings is 3. The predicted molar refractivity (Wildman–Crippen MR) is 129 cm³/mol. The normalized spacial score (nSPS) is 19.0. The van der Waals surface area contributed by atoms with Gasteiger partial charge in [0.2, 0.25) is 0 Å². The number of halogens is 1. The molecule has 1 unspecified atom stereocenters. The maximum absolute atomic E-state index is 14.5. The first-order valence-electron chi connectivity index (χ1n) is 10.8. The third kappa shape index (κ3) is 3.40. The average molecular weight is 479 g/mol. The van der Waals surface area contributed by atoms with E-state index in [0.717, 1.165) is 5.56 Å². The summed E-state index contributed by atoms with van der Waals surface area (Å²) in [5, 5.41) is 0. The molecule has 6 nitrogen and oxygen atoms in total. The lowest BCUT2D eigenvalue weighted by molar-refractivity contribution is -0.123. The molecule has 2 heterocycles. The molecule has 1 fully saturated rings. The van der Waals surface area contributed by atoms with E-state index in [1.54, 1.807) is 37.3 Å². The van der Waals surface area contributed by atoms with Crippen molar-refractivity contribution in [2.75, 3.05) is 31.4 Å². The van der Waals surface area contributed by atoms with Gasteiger partial charge in [-0.2, -0.15) is 0 Å². The third-order valence-corrected chi connectivity index (χ3v) is 7.64. The molecule has 3 aromatic carbocycles. The highest BCUT2D eigenvalue weighted by molar-refractivity contribution is 8.01. The molecule has 2 amide bonds. The van der Waals surface area contributed by atoms with Gasteiger partial charge in [-0.25, -0.2) is 4.39 Å². The van der Waals surface area contributed by atoms with Gasteiger partial charge in [0.25, 0.3) is 11.8 Å². The van der Waals surface area contributed by atoms with Gasteiger partial charge < -0.3 is 19.3 Å². The minimum atomic E-state index is -1.29. The van der Waals surface area contributed by atoms with Crippen LogP contribution in [0.2, 0.25) is 0 Å². The number of thioether (sulfide) groups is 1. The van der Waals surface area contributed by atoms with Crippen LogP contribution < -0.4 is 14.4 Å². The van der Waals surface area contributed by atoms with Crippen molar-refractivity contribution in [3.05, 3.63) is 89.2 Å². The average Bonchev–Trinajstić information content (AvgIpc) is 3.41. The molecule has 0 radical (unpaired) electrons. The lowest BCUT2D eigenvalue weighted by atomic mass is 10.0. The molecule has 1 saturated heterocycles. The van der Waals surface area contributed by atoms with E-state index < -0.39 is 16.6 Å². The van der Waals surface area contributed by atoms with Gasteiger partial charge >= 0.3 is 0 Å². The molecule has 0 bridgehead atoms. The molecular weight excluding hydrogens is 455 g/mol. The smallest absolute Gasteiger partial charge is 0.268 e. The number of carbonyl (C=O) groups excluding carboxylic acids is 2. The van der Waals surface area contributed by atoms with E-state index in [4.69, 9.17) is 9.47 Å². The Hall–Kier alpha value is -3.52. The van der Waals surface area contributed by atoms with Crippen molar-refractivity contribution in [3.63, 3.8) is 0 Å². The monoisotopic (exact) mass is 478 g/mol. The van der Waals surface area contributed by atoms with Crippen LogP contribution in [0.4, 0.5) is 10.1 Å². The van der Waals surface area contributed by atoms with Gasteiger partial charge in [0, 0.05) is 17.9 Å². The van der Waals surface area contributed by atoms with Gasteiger partial charge in [0.05, 0.1) is 32.0 Å². The van der Waals surface area contributed by atoms with Crippen LogP contribution in [-0.4, -0.2) is 43.2 Å². The number of ether oxygens (including phenoxy) is 2. The molecule has 0 saturated carbocycles. The molecule has 0 aliphatic carbocycles. The standard InChI is InChI=1S/C26H23FN2O4S/c1-32-18-7-5-6-17(14-18)16-28-23-11-10-19(33-2)15-21(23)26(25(28)31)29(12-13-34-26)24(30)20-8-3-4-9-22(20)27/h3-11,14-15H,12-13,16H2,1-2H3. The highest BCUT2D eigenvalue weighted by Gasteiger charge is 2.59. The fraction of sp³-hybridized carbons (Fsp3) is 0.231. The van der Waals surface area contributed by atoms with E-state index in [1.807, 2.05) is 30.3 Å². The molecule has 8 heteroatoms. The van der Waals surface area contributed by atoms with Crippen LogP contribution in [0.25, 0.3) is 0 Å². The maximum Gasteiger partial charge on any atom is 0.268 e. The number of amides is 2. The summed E-state index contributed by atoms with van der Waals surface area (Å²) in [5.74, 6) is 0.485. The highest BCUT2D eigenvalue weighted by atomic mass is 32.2. The van der Waals surface area contributed by atoms with E-state index >= 15 is 0 Å². The van der Waals surface area contributed by atoms with Gasteiger partial charge in [-0.05, 0) is 48.0 Å². The van der Waals surface area contributed by atoms with Gasteiger partial charge in [-0.3, -0.25) is 9.59 Å². The van der Waals surface area contributed by atoms with Gasteiger partial charge in [-0.1, -0.05) is 24.3 Å². The zero-order valence-electron chi connectivity index (χ0n) is 18.8. The summed E-state index contributed by atoms with van der Waals surface area (Å²) in [6.45, 7) is 0.632. The Balaban J connectivity index is 1.61. The van der Waals surface area contributed by atoms with Crippen LogP contribution in [-0.2, 0) is 16.2 Å². The van der Waals surface area contributed by atoms with E-state index in [1.165, 1.54) is 34.9 Å². The lowest BCUT2D eigenvalue weighted by Gasteiger charge is -2.33. The second kappa shape index (κ2) is 8.68. The number of anilines is 1. The number of carbonyl (C=O) groups is 2. The van der Waals surface area contributed by atoms with Crippen LogP contribution in [0.5, 0.6) is 11.5 Å². The molecule has 174 valence electrons. The molecular formula is C26H23FN2O4S. The number of fused-ring (bicyclic) bond motifs is 2. The Morgan fingerprint density at radius 3 is 2.56 bits per heavy atom. The lowest BCUT2D eigenvalue weighted by Crippen LogP contribution is -2.50. The summed E-state index contributed by atoms with van der Waals surface area (Å²) >= 11 is 1.39. The first-order chi connectivity index (χ1) is 16.5. The molecule has 1 spiro atoms. The van der Waals surface area contributed by atoms with Crippen molar-refractivity contribution in [3.8, 4) is 11.5 Å². The molecule has 2 aliphatic rings. The van der Waals surface area contributed by atoms with Gasteiger partial charge in [0.15, 0.2) is 4.87 Å². The highest BCUT2D eigenvalue weighted by Crippen LogP contribution is 2.55. The van der Waals surface area contributed by atoms with Crippen molar-refractivity contribution >= 4 is 29.3 Å². The molecule has 0 N–H and O–H groups in total. The fourth-order valence-corrected chi connectivity index (χ4v) is 6.06. The van der Waals surface area contributed by atoms with Crippen molar-refractivity contribution in [1.29, 1.82) is 0 Å². The van der Waals surface area contributed by atoms with Gasteiger partial charge in [0.1, 0.15) is 17.3 Å². The van der Waals surface area contributed by atoms with E-state index in [9.17, 15) is 14.0 Å². The summed E-state index contributed by atoms with van der Waals surface area (Å²) in [6, 6.07) is 18.8. The number of nitrogens with zero attached hydrogens (tertiary/aromatic N) is 2. The summed E-state index contributed by atoms with van der Waals surface area (Å²) in [4.78, 5) is 29.6. The Kier molecular flexibility index (Phi) is 5.69. The molecule has 3 aromatic rings. The second-order valence-corrected chi connectivity index (χ2v) is 9.34. The van der Waals surface area contributed by atoms with E-state index in [-0.39, 0.29) is 11.5 Å². The Bertz CT molecular complexity index is 1280. The number of hydrogen-bond donors (Lipinski definition) is 0. The minimum absolute atomic E-state index is 0.0483. The maximum atomic E-state index is 14.5. The number of hydrogen-bond acceptors (Lipinski definition) is 5. The molecule has 5 rings (SSSR count). The molecule has 2 aliphatic heterocycles. The first kappa shape index (κ1) is 22.3. The SMILES string of the molecule is COc1cccc(CN2C(=O)C3(SCCN3C(=O)c3ccccc3F)c3cc(OC)ccc32)c1. The summed E-state index contributed by atoms with van der Waals surface area (Å²) < 4.78 is 25.3. The molecule has 1 atom stereocenters. The van der Waals surface area contributed by atoms with Crippen molar-refractivity contribution < 1.29 is 23.5 Å². The topological polar surface area (TPSA) is 59.1 Å². The second-order valence-electron chi connectivity index (χ2n) is 8.06. The first-order valence-corrected chi connectivity index (χ1v) is 11.8. The van der Waals surface area contributed by atoms with Crippen LogP contribution in [0.3, 0.4) is 0 Å². The molecule has 0 aromatic heterocycles. The zero-order chi connectivity index (χ0) is 23.9. The fourth-order valence-electron chi connectivity index (χ4n) is 4.61. The van der Waals surface area contributed by atoms with E-state index in [2.05, 4.69) is 0 Å². The summed E-state index contributed by atoms with van der Waals surface area (Å²) in [5.41, 5.74) is 2.22. The van der Waals surface area contributed by atoms with E-state index in [0.29, 0.717) is 41.6 Å². The Morgan fingerprint density at radius 1 is 1.03 bits per heavy atom. The minimum Gasteiger partial charge on any atom is -0.497 e. The number of rotatable bonds is 5. The van der Waals surface area contributed by atoms with Crippen LogP contribution in [0.15, 0.2) is 66.7 Å². The van der Waals surface area contributed by atoms with Crippen molar-refractivity contribution in [1.82, 2.24) is 4.90 Å². The van der Waals surface area contributed by atoms with Crippen LogP contribution in [0, 0.1) is 5.82 Å². The van der Waals surface area contributed by atoms with Crippen molar-refractivity contribution in [2.24, 2.45) is 0 Å².